The number of rotatable bonds is 5. The third kappa shape index (κ3) is 5.16. The van der Waals surface area contributed by atoms with Gasteiger partial charge in [-0.2, -0.15) is 0 Å². The van der Waals surface area contributed by atoms with E-state index in [1.807, 2.05) is 13.8 Å². The molecule has 3 fully saturated rings. The highest BCUT2D eigenvalue weighted by Crippen LogP contribution is 2.39. The Hall–Kier alpha value is -2.37. The van der Waals surface area contributed by atoms with Crippen LogP contribution >= 0.6 is 11.3 Å². The number of carbonyl (C=O) groups excluding carboxylic acids is 3. The van der Waals surface area contributed by atoms with E-state index in [2.05, 4.69) is 18.8 Å². The molecule has 2 aliphatic heterocycles. The van der Waals surface area contributed by atoms with E-state index in [9.17, 15) is 14.4 Å². The lowest BCUT2D eigenvalue weighted by Crippen LogP contribution is -2.68. The highest BCUT2D eigenvalue weighted by atomic mass is 32.1. The van der Waals surface area contributed by atoms with Crippen LogP contribution in [0.2, 0.25) is 0 Å². The fourth-order valence-corrected chi connectivity index (χ4v) is 5.80. The highest BCUT2D eigenvalue weighted by molar-refractivity contribution is 7.15. The maximum atomic E-state index is 13.8. The first kappa shape index (κ1) is 24.7. The van der Waals surface area contributed by atoms with Crippen LogP contribution in [0.1, 0.15) is 61.0 Å². The van der Waals surface area contributed by atoms with Crippen molar-refractivity contribution in [3.05, 3.63) is 15.8 Å². The molecule has 8 heteroatoms. The average Bonchev–Trinajstić information content (AvgIpc) is 3.17. The van der Waals surface area contributed by atoms with Crippen molar-refractivity contribution < 1.29 is 23.9 Å². The average molecular weight is 487 g/mol. The van der Waals surface area contributed by atoms with Gasteiger partial charge in [-0.1, -0.05) is 32.6 Å². The van der Waals surface area contributed by atoms with Gasteiger partial charge in [0.2, 0.25) is 11.8 Å². The Balaban J connectivity index is 1.62. The van der Waals surface area contributed by atoms with E-state index in [0.29, 0.717) is 47.7 Å². The van der Waals surface area contributed by atoms with Crippen molar-refractivity contribution in [3.8, 4) is 11.8 Å². The van der Waals surface area contributed by atoms with Crippen molar-refractivity contribution in [1.82, 2.24) is 4.90 Å². The monoisotopic (exact) mass is 486 g/mol. The van der Waals surface area contributed by atoms with Crippen molar-refractivity contribution in [2.45, 2.75) is 46.5 Å². The normalized spacial score (nSPS) is 22.9. The second-order valence-electron chi connectivity index (χ2n) is 10.4. The van der Waals surface area contributed by atoms with E-state index in [1.54, 1.807) is 11.0 Å². The summed E-state index contributed by atoms with van der Waals surface area (Å²) in [5.74, 6) is 6.12. The molecule has 1 saturated carbocycles. The molecular formula is C26H34N2O5S. The molecule has 1 aromatic heterocycles. The Morgan fingerprint density at radius 1 is 1.24 bits per heavy atom. The van der Waals surface area contributed by atoms with Crippen LogP contribution in [0.3, 0.4) is 0 Å². The molecule has 0 unspecified atom stereocenters. The van der Waals surface area contributed by atoms with Gasteiger partial charge in [0.05, 0.1) is 36.3 Å². The third-order valence-corrected chi connectivity index (χ3v) is 8.02. The van der Waals surface area contributed by atoms with Gasteiger partial charge in [0.1, 0.15) is 11.4 Å². The van der Waals surface area contributed by atoms with E-state index in [1.165, 1.54) is 23.3 Å². The number of methoxy groups -OCH3 is 1. The number of thiophene rings is 1. The lowest BCUT2D eigenvalue weighted by Gasteiger charge is -2.55. The zero-order chi connectivity index (χ0) is 24.5. The minimum absolute atomic E-state index is 0.0837. The van der Waals surface area contributed by atoms with Crippen LogP contribution in [0.4, 0.5) is 5.69 Å². The first-order valence-electron chi connectivity index (χ1n) is 12.1. The maximum absolute atomic E-state index is 13.8. The molecule has 0 bridgehead atoms. The molecule has 0 radical (unpaired) electrons. The lowest BCUT2D eigenvalue weighted by molar-refractivity contribution is -0.194. The summed E-state index contributed by atoms with van der Waals surface area (Å²) in [5, 5.41) is 0. The molecule has 3 aliphatic rings. The van der Waals surface area contributed by atoms with Gasteiger partial charge in [0, 0.05) is 24.9 Å². The summed E-state index contributed by atoms with van der Waals surface area (Å²) >= 11 is 1.21. The molecule has 0 aromatic carbocycles. The molecule has 34 heavy (non-hydrogen) atoms. The second-order valence-corrected chi connectivity index (χ2v) is 11.4. The Labute approximate surface area is 205 Å². The fraction of sp³-hybridized carbons (Fsp3) is 0.654. The van der Waals surface area contributed by atoms with E-state index in [4.69, 9.17) is 9.47 Å². The Morgan fingerprint density at radius 3 is 2.47 bits per heavy atom. The van der Waals surface area contributed by atoms with Gasteiger partial charge in [-0.3, -0.25) is 9.59 Å². The first-order valence-corrected chi connectivity index (χ1v) is 12.9. The molecule has 184 valence electrons. The van der Waals surface area contributed by atoms with Crippen molar-refractivity contribution in [1.29, 1.82) is 0 Å². The summed E-state index contributed by atoms with van der Waals surface area (Å²) in [7, 11) is 1.32. The summed E-state index contributed by atoms with van der Waals surface area (Å²) in [5.41, 5.74) is 0.535. The van der Waals surface area contributed by atoms with Gasteiger partial charge in [0.15, 0.2) is 0 Å². The molecule has 2 saturated heterocycles. The van der Waals surface area contributed by atoms with E-state index in [-0.39, 0.29) is 35.6 Å². The van der Waals surface area contributed by atoms with Gasteiger partial charge >= 0.3 is 5.97 Å². The minimum atomic E-state index is -0.519. The molecule has 1 spiro atoms. The summed E-state index contributed by atoms with van der Waals surface area (Å²) in [4.78, 5) is 43.9. The zero-order valence-corrected chi connectivity index (χ0v) is 21.3. The SMILES string of the molecule is COC(=O)c1sc(C#CC(C)C)cc1N(CC(=O)N1CC2(COC2)C1)C(=O)C1CCC(C)CC1. The minimum Gasteiger partial charge on any atom is -0.465 e. The molecule has 3 heterocycles. The number of anilines is 1. The van der Waals surface area contributed by atoms with Crippen LogP contribution < -0.4 is 4.90 Å². The highest BCUT2D eigenvalue weighted by Gasteiger charge is 2.51. The largest absolute Gasteiger partial charge is 0.465 e. The number of likely N-dealkylation sites (tertiary alicyclic amines) is 1. The quantitative estimate of drug-likeness (QED) is 0.470. The van der Waals surface area contributed by atoms with Crippen LogP contribution in [0, 0.1) is 35.0 Å². The smallest absolute Gasteiger partial charge is 0.350 e. The number of ether oxygens (including phenoxy) is 2. The predicted molar refractivity (Wildman–Crippen MR) is 131 cm³/mol. The molecule has 2 amide bonds. The number of carbonyl (C=O) groups is 3. The molecule has 7 nitrogen and oxygen atoms in total. The zero-order valence-electron chi connectivity index (χ0n) is 20.5. The van der Waals surface area contributed by atoms with Crippen molar-refractivity contribution >= 4 is 34.8 Å². The second kappa shape index (κ2) is 10.1. The number of amides is 2. The molecule has 4 rings (SSSR count). The van der Waals surface area contributed by atoms with Crippen molar-refractivity contribution in [3.63, 3.8) is 0 Å². The number of esters is 1. The Kier molecular flexibility index (Phi) is 7.34. The molecular weight excluding hydrogens is 452 g/mol. The summed E-state index contributed by atoms with van der Waals surface area (Å²) in [6, 6.07) is 1.76. The van der Waals surface area contributed by atoms with Gasteiger partial charge in [0.25, 0.3) is 0 Å². The van der Waals surface area contributed by atoms with Crippen LogP contribution in [-0.2, 0) is 19.1 Å². The van der Waals surface area contributed by atoms with E-state index < -0.39 is 5.97 Å². The van der Waals surface area contributed by atoms with Gasteiger partial charge in [-0.25, -0.2) is 4.79 Å². The summed E-state index contributed by atoms with van der Waals surface area (Å²) in [6.07, 6.45) is 3.58. The standard InChI is InChI=1S/C26H34N2O5S/c1-17(2)5-10-20-11-21(23(34-20)25(31)32-4)28(24(30)19-8-6-18(3)7-9-19)12-22(29)27-13-26(14-27)15-33-16-26/h11,17-19H,6-9,12-16H2,1-4H3. The molecule has 0 N–H and O–H groups in total. The first-order chi connectivity index (χ1) is 16.2. The van der Waals surface area contributed by atoms with E-state index >= 15 is 0 Å². The summed E-state index contributed by atoms with van der Waals surface area (Å²) in [6.45, 7) is 8.81. The van der Waals surface area contributed by atoms with Crippen LogP contribution in [0.15, 0.2) is 6.07 Å². The fourth-order valence-electron chi connectivity index (χ4n) is 4.86. The number of hydrogen-bond donors (Lipinski definition) is 0. The molecule has 1 aromatic rings. The van der Waals surface area contributed by atoms with Crippen LogP contribution in [0.25, 0.3) is 0 Å². The van der Waals surface area contributed by atoms with E-state index in [0.717, 1.165) is 25.7 Å². The Morgan fingerprint density at radius 2 is 1.91 bits per heavy atom. The van der Waals surface area contributed by atoms with Crippen molar-refractivity contribution in [2.75, 3.05) is 44.9 Å². The number of hydrogen-bond acceptors (Lipinski definition) is 6. The van der Waals surface area contributed by atoms with Gasteiger partial charge < -0.3 is 19.3 Å². The van der Waals surface area contributed by atoms with Gasteiger partial charge in [-0.05, 0) is 37.7 Å². The van der Waals surface area contributed by atoms with Crippen molar-refractivity contribution in [2.24, 2.45) is 23.2 Å². The number of nitrogens with zero attached hydrogens (tertiary/aromatic N) is 2. The third-order valence-electron chi connectivity index (χ3n) is 7.00. The molecule has 0 atom stereocenters. The predicted octanol–water partition coefficient (Wildman–Crippen LogP) is 3.56. The Bertz CT molecular complexity index is 1000. The summed E-state index contributed by atoms with van der Waals surface area (Å²) < 4.78 is 10.3. The van der Waals surface area contributed by atoms with Gasteiger partial charge in [-0.15, -0.1) is 11.3 Å². The lowest BCUT2D eigenvalue weighted by atomic mass is 9.78. The molecule has 1 aliphatic carbocycles. The maximum Gasteiger partial charge on any atom is 0.350 e. The van der Waals surface area contributed by atoms with Crippen LogP contribution in [-0.4, -0.2) is 62.6 Å². The topological polar surface area (TPSA) is 76.2 Å². The van der Waals surface area contributed by atoms with Crippen LogP contribution in [0.5, 0.6) is 0 Å².